The highest BCUT2D eigenvalue weighted by Gasteiger charge is 2.09. The standard InChI is InChI=1S/C14H15ClN2O/c1-2-17-10-11(9-16-17)7-13(18)8-12-5-3-4-6-14(12)15/h3-6,9-10H,2,7-8H2,1H3. The molecule has 0 N–H and O–H groups in total. The zero-order valence-corrected chi connectivity index (χ0v) is 11.0. The number of ketones is 1. The molecule has 1 aromatic carbocycles. The van der Waals surface area contributed by atoms with Crippen molar-refractivity contribution < 1.29 is 4.79 Å². The number of nitrogens with zero attached hydrogens (tertiary/aromatic N) is 2. The molecule has 0 amide bonds. The van der Waals surface area contributed by atoms with Gasteiger partial charge < -0.3 is 0 Å². The minimum atomic E-state index is 0.152. The van der Waals surface area contributed by atoms with Crippen LogP contribution in [0.1, 0.15) is 18.1 Å². The van der Waals surface area contributed by atoms with Crippen LogP contribution in [0, 0.1) is 0 Å². The van der Waals surface area contributed by atoms with E-state index in [-0.39, 0.29) is 5.78 Å². The molecule has 0 saturated carbocycles. The van der Waals surface area contributed by atoms with Gasteiger partial charge in [0.2, 0.25) is 0 Å². The molecule has 1 heterocycles. The fraction of sp³-hybridized carbons (Fsp3) is 0.286. The first-order chi connectivity index (χ1) is 8.69. The lowest BCUT2D eigenvalue weighted by atomic mass is 10.0. The summed E-state index contributed by atoms with van der Waals surface area (Å²) in [5.74, 6) is 0.152. The van der Waals surface area contributed by atoms with E-state index in [4.69, 9.17) is 11.6 Å². The van der Waals surface area contributed by atoms with Gasteiger partial charge in [0.1, 0.15) is 5.78 Å². The molecule has 2 rings (SSSR count). The Morgan fingerprint density at radius 3 is 2.78 bits per heavy atom. The van der Waals surface area contributed by atoms with Crippen LogP contribution < -0.4 is 0 Å². The Labute approximate surface area is 111 Å². The first kappa shape index (κ1) is 12.8. The predicted octanol–water partition coefficient (Wildman–Crippen LogP) is 2.91. The Morgan fingerprint density at radius 1 is 1.33 bits per heavy atom. The Balaban J connectivity index is 1.99. The lowest BCUT2D eigenvalue weighted by Gasteiger charge is -2.02. The fourth-order valence-electron chi connectivity index (χ4n) is 1.81. The number of aryl methyl sites for hydroxylation is 1. The third-order valence-corrected chi connectivity index (χ3v) is 3.13. The fourth-order valence-corrected chi connectivity index (χ4v) is 2.02. The maximum absolute atomic E-state index is 11.9. The molecule has 0 radical (unpaired) electrons. The van der Waals surface area contributed by atoms with E-state index in [1.807, 2.05) is 36.0 Å². The molecule has 1 aromatic heterocycles. The van der Waals surface area contributed by atoms with Crippen LogP contribution in [0.5, 0.6) is 0 Å². The summed E-state index contributed by atoms with van der Waals surface area (Å²) in [6.45, 7) is 2.83. The van der Waals surface area contributed by atoms with Crippen LogP contribution in [0.25, 0.3) is 0 Å². The average molecular weight is 263 g/mol. The number of halogens is 1. The van der Waals surface area contributed by atoms with E-state index >= 15 is 0 Å². The number of aromatic nitrogens is 2. The molecular formula is C14H15ClN2O. The van der Waals surface area contributed by atoms with Crippen molar-refractivity contribution >= 4 is 17.4 Å². The number of benzene rings is 1. The molecule has 0 fully saturated rings. The third kappa shape index (κ3) is 3.20. The highest BCUT2D eigenvalue weighted by atomic mass is 35.5. The number of rotatable bonds is 5. The first-order valence-corrected chi connectivity index (χ1v) is 6.33. The van der Waals surface area contributed by atoms with Crippen LogP contribution in [0.2, 0.25) is 5.02 Å². The second kappa shape index (κ2) is 5.83. The van der Waals surface area contributed by atoms with E-state index in [0.29, 0.717) is 17.9 Å². The van der Waals surface area contributed by atoms with Gasteiger partial charge >= 0.3 is 0 Å². The summed E-state index contributed by atoms with van der Waals surface area (Å²) in [5, 5.41) is 4.80. The van der Waals surface area contributed by atoms with Crippen molar-refractivity contribution in [3.63, 3.8) is 0 Å². The second-order valence-electron chi connectivity index (χ2n) is 4.19. The van der Waals surface area contributed by atoms with Gasteiger partial charge in [-0.3, -0.25) is 9.48 Å². The van der Waals surface area contributed by atoms with Gasteiger partial charge in [-0.2, -0.15) is 5.10 Å². The van der Waals surface area contributed by atoms with Gasteiger partial charge in [-0.05, 0) is 24.1 Å². The lowest BCUT2D eigenvalue weighted by Crippen LogP contribution is -2.06. The van der Waals surface area contributed by atoms with E-state index in [1.165, 1.54) is 0 Å². The van der Waals surface area contributed by atoms with Crippen molar-refractivity contribution in [1.29, 1.82) is 0 Å². The predicted molar refractivity (Wildman–Crippen MR) is 71.8 cm³/mol. The summed E-state index contributed by atoms with van der Waals surface area (Å²) in [6, 6.07) is 7.44. The largest absolute Gasteiger partial charge is 0.299 e. The number of hydrogen-bond donors (Lipinski definition) is 0. The Kier molecular flexibility index (Phi) is 4.15. The van der Waals surface area contributed by atoms with Crippen LogP contribution >= 0.6 is 11.6 Å². The maximum Gasteiger partial charge on any atom is 0.141 e. The van der Waals surface area contributed by atoms with Gasteiger partial charge in [0.05, 0.1) is 6.20 Å². The van der Waals surface area contributed by atoms with E-state index in [0.717, 1.165) is 17.7 Å². The second-order valence-corrected chi connectivity index (χ2v) is 4.60. The molecule has 0 spiro atoms. The van der Waals surface area contributed by atoms with Gasteiger partial charge in [0.15, 0.2) is 0 Å². The van der Waals surface area contributed by atoms with Gasteiger partial charge in [-0.1, -0.05) is 29.8 Å². The van der Waals surface area contributed by atoms with Crippen LogP contribution in [0.3, 0.4) is 0 Å². The van der Waals surface area contributed by atoms with E-state index < -0.39 is 0 Å². The maximum atomic E-state index is 11.9. The minimum Gasteiger partial charge on any atom is -0.299 e. The van der Waals surface area contributed by atoms with E-state index in [1.54, 1.807) is 12.3 Å². The summed E-state index contributed by atoms with van der Waals surface area (Å²) < 4.78 is 1.82. The van der Waals surface area contributed by atoms with Crippen molar-refractivity contribution in [2.24, 2.45) is 0 Å². The molecule has 3 nitrogen and oxygen atoms in total. The molecule has 0 atom stereocenters. The number of carbonyl (C=O) groups excluding carboxylic acids is 1. The Hall–Kier alpha value is -1.61. The van der Waals surface area contributed by atoms with Gasteiger partial charge in [-0.15, -0.1) is 0 Å². The van der Waals surface area contributed by atoms with E-state index in [9.17, 15) is 4.79 Å². The van der Waals surface area contributed by atoms with Gasteiger partial charge in [-0.25, -0.2) is 0 Å². The minimum absolute atomic E-state index is 0.152. The molecule has 94 valence electrons. The highest BCUT2D eigenvalue weighted by Crippen LogP contribution is 2.16. The zero-order valence-electron chi connectivity index (χ0n) is 10.3. The molecule has 18 heavy (non-hydrogen) atoms. The Bertz CT molecular complexity index is 548. The number of Topliss-reactive ketones (excluding diaryl/α,β-unsaturated/α-hetero) is 1. The lowest BCUT2D eigenvalue weighted by molar-refractivity contribution is -0.117. The van der Waals surface area contributed by atoms with Crippen molar-refractivity contribution in [2.75, 3.05) is 0 Å². The van der Waals surface area contributed by atoms with Crippen LogP contribution in [0.4, 0.5) is 0 Å². The average Bonchev–Trinajstić information content (AvgIpc) is 2.80. The van der Waals surface area contributed by atoms with Crippen molar-refractivity contribution in [3.8, 4) is 0 Å². The quantitative estimate of drug-likeness (QED) is 0.830. The molecule has 0 bridgehead atoms. The van der Waals surface area contributed by atoms with Crippen molar-refractivity contribution in [2.45, 2.75) is 26.3 Å². The van der Waals surface area contributed by atoms with Crippen LogP contribution in [-0.2, 0) is 24.2 Å². The highest BCUT2D eigenvalue weighted by molar-refractivity contribution is 6.31. The first-order valence-electron chi connectivity index (χ1n) is 5.95. The molecular weight excluding hydrogens is 248 g/mol. The summed E-state index contributed by atoms with van der Waals surface area (Å²) in [4.78, 5) is 11.9. The third-order valence-electron chi connectivity index (χ3n) is 2.76. The number of hydrogen-bond acceptors (Lipinski definition) is 2. The van der Waals surface area contributed by atoms with Crippen molar-refractivity contribution in [3.05, 3.63) is 52.8 Å². The molecule has 0 aliphatic carbocycles. The van der Waals surface area contributed by atoms with Gasteiger partial charge in [0.25, 0.3) is 0 Å². The van der Waals surface area contributed by atoms with Crippen molar-refractivity contribution in [1.82, 2.24) is 9.78 Å². The monoisotopic (exact) mass is 262 g/mol. The van der Waals surface area contributed by atoms with Gasteiger partial charge in [0, 0.05) is 30.6 Å². The molecule has 4 heteroatoms. The summed E-state index contributed by atoms with van der Waals surface area (Å²) in [7, 11) is 0. The topological polar surface area (TPSA) is 34.9 Å². The molecule has 0 unspecified atom stereocenters. The van der Waals surface area contributed by atoms with E-state index in [2.05, 4.69) is 5.10 Å². The smallest absolute Gasteiger partial charge is 0.141 e. The molecule has 0 aliphatic heterocycles. The Morgan fingerprint density at radius 2 is 2.11 bits per heavy atom. The van der Waals surface area contributed by atoms with Crippen LogP contribution in [-0.4, -0.2) is 15.6 Å². The normalized spacial score (nSPS) is 10.6. The summed E-state index contributed by atoms with van der Waals surface area (Å²) in [5.41, 5.74) is 1.83. The SMILES string of the molecule is CCn1cc(CC(=O)Cc2ccccc2Cl)cn1. The molecule has 0 aliphatic rings. The summed E-state index contributed by atoms with van der Waals surface area (Å²) in [6.07, 6.45) is 4.43. The molecule has 2 aromatic rings. The molecule has 0 saturated heterocycles. The summed E-state index contributed by atoms with van der Waals surface area (Å²) >= 11 is 6.03. The zero-order chi connectivity index (χ0) is 13.0. The number of carbonyl (C=O) groups is 1. The van der Waals surface area contributed by atoms with Crippen LogP contribution in [0.15, 0.2) is 36.7 Å².